The number of hydrogen-bond acceptors (Lipinski definition) is 3. The van der Waals surface area contributed by atoms with Crippen LogP contribution in [0.25, 0.3) is 0 Å². The fourth-order valence-electron chi connectivity index (χ4n) is 1.61. The molecule has 2 rings (SSSR count). The third-order valence-corrected chi connectivity index (χ3v) is 2.62. The summed E-state index contributed by atoms with van der Waals surface area (Å²) in [5.41, 5.74) is 3.63. The standard InChI is InChI=1S/C14H14N2O/c1-9-4-5-11(3)12(6-9)13(17)14-15-7-10(2)8-16-14/h4-8H,1-3H3. The van der Waals surface area contributed by atoms with E-state index in [9.17, 15) is 4.79 Å². The first-order chi connectivity index (χ1) is 8.08. The molecule has 0 aliphatic carbocycles. The molecule has 0 N–H and O–H groups in total. The summed E-state index contributed by atoms with van der Waals surface area (Å²) in [6.07, 6.45) is 3.32. The predicted octanol–water partition coefficient (Wildman–Crippen LogP) is 2.63. The largest absolute Gasteiger partial charge is 0.285 e. The van der Waals surface area contributed by atoms with Crippen LogP contribution < -0.4 is 0 Å². The van der Waals surface area contributed by atoms with Gasteiger partial charge in [-0.3, -0.25) is 4.79 Å². The van der Waals surface area contributed by atoms with Gasteiger partial charge in [0.2, 0.25) is 11.6 Å². The zero-order valence-electron chi connectivity index (χ0n) is 10.2. The molecular weight excluding hydrogens is 212 g/mol. The first kappa shape index (κ1) is 11.5. The molecular formula is C14H14N2O. The lowest BCUT2D eigenvalue weighted by Gasteiger charge is -2.05. The SMILES string of the molecule is Cc1cnc(C(=O)c2cc(C)ccc2C)nc1. The number of hydrogen-bond donors (Lipinski definition) is 0. The van der Waals surface area contributed by atoms with Gasteiger partial charge >= 0.3 is 0 Å². The molecule has 0 spiro atoms. The molecule has 0 fully saturated rings. The maximum Gasteiger partial charge on any atom is 0.230 e. The second-order valence-electron chi connectivity index (χ2n) is 4.23. The van der Waals surface area contributed by atoms with E-state index in [-0.39, 0.29) is 11.6 Å². The van der Waals surface area contributed by atoms with Crippen molar-refractivity contribution >= 4 is 5.78 Å². The predicted molar refractivity (Wildman–Crippen MR) is 66.1 cm³/mol. The maximum atomic E-state index is 12.2. The molecule has 2 aromatic rings. The molecule has 0 radical (unpaired) electrons. The first-order valence-corrected chi connectivity index (χ1v) is 5.48. The highest BCUT2D eigenvalue weighted by molar-refractivity contribution is 6.07. The van der Waals surface area contributed by atoms with Gasteiger partial charge in [0, 0.05) is 18.0 Å². The Balaban J connectivity index is 2.43. The smallest absolute Gasteiger partial charge is 0.230 e. The van der Waals surface area contributed by atoms with E-state index in [4.69, 9.17) is 0 Å². The van der Waals surface area contributed by atoms with Crippen LogP contribution >= 0.6 is 0 Å². The Kier molecular flexibility index (Phi) is 3.00. The molecule has 0 saturated heterocycles. The summed E-state index contributed by atoms with van der Waals surface area (Å²) in [7, 11) is 0. The van der Waals surface area contributed by atoms with Gasteiger partial charge in [0.15, 0.2) is 0 Å². The highest BCUT2D eigenvalue weighted by Crippen LogP contribution is 2.13. The number of ketones is 1. The summed E-state index contributed by atoms with van der Waals surface area (Å²) in [5.74, 6) is 0.135. The van der Waals surface area contributed by atoms with E-state index in [0.717, 1.165) is 16.7 Å². The van der Waals surface area contributed by atoms with E-state index < -0.39 is 0 Å². The van der Waals surface area contributed by atoms with E-state index in [1.165, 1.54) is 0 Å². The van der Waals surface area contributed by atoms with Crippen molar-refractivity contribution in [1.82, 2.24) is 9.97 Å². The van der Waals surface area contributed by atoms with Crippen LogP contribution in [0.5, 0.6) is 0 Å². The van der Waals surface area contributed by atoms with Crippen LogP contribution in [-0.2, 0) is 0 Å². The van der Waals surface area contributed by atoms with E-state index in [0.29, 0.717) is 5.56 Å². The van der Waals surface area contributed by atoms with Gasteiger partial charge in [-0.1, -0.05) is 17.7 Å². The van der Waals surface area contributed by atoms with Crippen LogP contribution in [0.1, 0.15) is 32.9 Å². The summed E-state index contributed by atoms with van der Waals surface area (Å²) in [5, 5.41) is 0. The summed E-state index contributed by atoms with van der Waals surface area (Å²) in [4.78, 5) is 20.3. The van der Waals surface area contributed by atoms with Crippen LogP contribution in [0.2, 0.25) is 0 Å². The van der Waals surface area contributed by atoms with Gasteiger partial charge in [-0.25, -0.2) is 9.97 Å². The van der Waals surface area contributed by atoms with Crippen LogP contribution in [0, 0.1) is 20.8 Å². The van der Waals surface area contributed by atoms with E-state index in [1.807, 2.05) is 39.0 Å². The molecule has 0 atom stereocenters. The highest BCUT2D eigenvalue weighted by Gasteiger charge is 2.14. The molecule has 17 heavy (non-hydrogen) atoms. The van der Waals surface area contributed by atoms with Gasteiger partial charge in [0.1, 0.15) is 0 Å². The van der Waals surface area contributed by atoms with Gasteiger partial charge < -0.3 is 0 Å². The summed E-state index contributed by atoms with van der Waals surface area (Å²) < 4.78 is 0. The Morgan fingerprint density at radius 3 is 2.29 bits per heavy atom. The molecule has 0 aliphatic rings. The van der Waals surface area contributed by atoms with Crippen LogP contribution in [-0.4, -0.2) is 15.8 Å². The third-order valence-electron chi connectivity index (χ3n) is 2.62. The first-order valence-electron chi connectivity index (χ1n) is 5.48. The van der Waals surface area contributed by atoms with E-state index in [1.54, 1.807) is 12.4 Å². The van der Waals surface area contributed by atoms with Crippen LogP contribution in [0.4, 0.5) is 0 Å². The lowest BCUT2D eigenvalue weighted by molar-refractivity contribution is 0.102. The Morgan fingerprint density at radius 2 is 1.65 bits per heavy atom. The van der Waals surface area contributed by atoms with Gasteiger partial charge in [0.25, 0.3) is 0 Å². The Labute approximate surface area is 101 Å². The van der Waals surface area contributed by atoms with Gasteiger partial charge in [-0.15, -0.1) is 0 Å². The number of nitrogens with zero attached hydrogens (tertiary/aromatic N) is 2. The second kappa shape index (κ2) is 4.45. The van der Waals surface area contributed by atoms with Crippen molar-refractivity contribution in [1.29, 1.82) is 0 Å². The molecule has 3 nitrogen and oxygen atoms in total. The molecule has 1 aromatic heterocycles. The van der Waals surface area contributed by atoms with E-state index in [2.05, 4.69) is 9.97 Å². The fourth-order valence-corrected chi connectivity index (χ4v) is 1.61. The lowest BCUT2D eigenvalue weighted by Crippen LogP contribution is -2.08. The van der Waals surface area contributed by atoms with Crippen molar-refractivity contribution in [3.8, 4) is 0 Å². The van der Waals surface area contributed by atoms with Crippen molar-refractivity contribution < 1.29 is 4.79 Å². The normalized spacial score (nSPS) is 10.3. The molecule has 3 heteroatoms. The number of aromatic nitrogens is 2. The van der Waals surface area contributed by atoms with Crippen molar-refractivity contribution in [2.75, 3.05) is 0 Å². The number of carbonyl (C=O) groups is 1. The molecule has 0 unspecified atom stereocenters. The average Bonchev–Trinajstić information content (AvgIpc) is 2.32. The topological polar surface area (TPSA) is 42.9 Å². The molecule has 0 bridgehead atoms. The average molecular weight is 226 g/mol. The minimum Gasteiger partial charge on any atom is -0.285 e. The van der Waals surface area contributed by atoms with E-state index >= 15 is 0 Å². The maximum absolute atomic E-state index is 12.2. The monoisotopic (exact) mass is 226 g/mol. The Morgan fingerprint density at radius 1 is 1.00 bits per heavy atom. The van der Waals surface area contributed by atoms with Crippen molar-refractivity contribution in [2.45, 2.75) is 20.8 Å². The van der Waals surface area contributed by atoms with Gasteiger partial charge in [-0.05, 0) is 38.0 Å². The van der Waals surface area contributed by atoms with Crippen molar-refractivity contribution in [3.05, 3.63) is 58.7 Å². The molecule has 86 valence electrons. The highest BCUT2D eigenvalue weighted by atomic mass is 16.1. The second-order valence-corrected chi connectivity index (χ2v) is 4.23. The molecule has 1 heterocycles. The zero-order valence-corrected chi connectivity index (χ0v) is 10.2. The fraction of sp³-hybridized carbons (Fsp3) is 0.214. The minimum absolute atomic E-state index is 0.119. The molecule has 0 amide bonds. The van der Waals surface area contributed by atoms with Crippen molar-refractivity contribution in [3.63, 3.8) is 0 Å². The summed E-state index contributed by atoms with van der Waals surface area (Å²) in [6.45, 7) is 5.78. The quantitative estimate of drug-likeness (QED) is 0.739. The minimum atomic E-state index is -0.119. The molecule has 0 aliphatic heterocycles. The number of benzene rings is 1. The van der Waals surface area contributed by atoms with Gasteiger partial charge in [-0.2, -0.15) is 0 Å². The third kappa shape index (κ3) is 2.38. The van der Waals surface area contributed by atoms with Gasteiger partial charge in [0.05, 0.1) is 0 Å². The number of aryl methyl sites for hydroxylation is 3. The summed E-state index contributed by atoms with van der Waals surface area (Å²) >= 11 is 0. The zero-order chi connectivity index (χ0) is 12.4. The molecule has 0 saturated carbocycles. The number of carbonyl (C=O) groups excluding carboxylic acids is 1. The van der Waals surface area contributed by atoms with Crippen LogP contribution in [0.15, 0.2) is 30.6 Å². The Hall–Kier alpha value is -2.03. The van der Waals surface area contributed by atoms with Crippen molar-refractivity contribution in [2.24, 2.45) is 0 Å². The summed E-state index contributed by atoms with van der Waals surface area (Å²) in [6, 6.07) is 5.81. The lowest BCUT2D eigenvalue weighted by atomic mass is 10.0. The Bertz CT molecular complexity index is 559. The van der Waals surface area contributed by atoms with Crippen LogP contribution in [0.3, 0.4) is 0 Å². The number of rotatable bonds is 2. The molecule has 1 aromatic carbocycles.